The van der Waals surface area contributed by atoms with E-state index in [0.29, 0.717) is 23.7 Å². The molecule has 156 valence electrons. The fourth-order valence-corrected chi connectivity index (χ4v) is 3.82. The van der Waals surface area contributed by atoms with Crippen molar-refractivity contribution in [2.75, 3.05) is 19.7 Å². The fourth-order valence-electron chi connectivity index (χ4n) is 3.60. The second-order valence-corrected chi connectivity index (χ2v) is 8.14. The van der Waals surface area contributed by atoms with Gasteiger partial charge in [0.15, 0.2) is 0 Å². The van der Waals surface area contributed by atoms with Crippen LogP contribution in [0.25, 0.3) is 0 Å². The average Bonchev–Trinajstić information content (AvgIpc) is 2.70. The quantitative estimate of drug-likeness (QED) is 0.715. The zero-order valence-corrected chi connectivity index (χ0v) is 17.7. The number of ether oxygens (including phenoxy) is 1. The van der Waals surface area contributed by atoms with Crippen LogP contribution in [-0.2, 0) is 11.3 Å². The Morgan fingerprint density at radius 2 is 1.97 bits per heavy atom. The summed E-state index contributed by atoms with van der Waals surface area (Å²) >= 11 is 6.13. The van der Waals surface area contributed by atoms with Crippen LogP contribution in [0.15, 0.2) is 42.5 Å². The van der Waals surface area contributed by atoms with Crippen LogP contribution in [-0.4, -0.2) is 36.5 Å². The number of likely N-dealkylation sites (tertiary alicyclic amines) is 1. The molecule has 1 fully saturated rings. The van der Waals surface area contributed by atoms with Crippen molar-refractivity contribution in [1.29, 1.82) is 0 Å². The van der Waals surface area contributed by atoms with E-state index in [-0.39, 0.29) is 23.7 Å². The average molecular weight is 419 g/mol. The van der Waals surface area contributed by atoms with Crippen molar-refractivity contribution < 1.29 is 13.9 Å². The minimum atomic E-state index is -0.278. The van der Waals surface area contributed by atoms with E-state index in [4.69, 9.17) is 16.3 Å². The highest BCUT2D eigenvalue weighted by Gasteiger charge is 2.26. The molecule has 0 aromatic heterocycles. The molecule has 6 heteroatoms. The molecule has 0 radical (unpaired) electrons. The summed E-state index contributed by atoms with van der Waals surface area (Å²) in [5, 5.41) is 3.51. The zero-order valence-electron chi connectivity index (χ0n) is 17.0. The van der Waals surface area contributed by atoms with Crippen molar-refractivity contribution in [2.24, 2.45) is 5.92 Å². The summed E-state index contributed by atoms with van der Waals surface area (Å²) in [4.78, 5) is 14.7. The molecule has 2 aromatic carbocycles. The number of rotatable bonds is 7. The van der Waals surface area contributed by atoms with Crippen LogP contribution in [0.5, 0.6) is 5.75 Å². The molecule has 1 N–H and O–H groups in total. The highest BCUT2D eigenvalue weighted by Crippen LogP contribution is 2.24. The summed E-state index contributed by atoms with van der Waals surface area (Å²) in [7, 11) is 0. The molecule has 29 heavy (non-hydrogen) atoms. The van der Waals surface area contributed by atoms with Crippen LogP contribution >= 0.6 is 11.6 Å². The molecule has 4 nitrogen and oxygen atoms in total. The summed E-state index contributed by atoms with van der Waals surface area (Å²) in [6, 6.07) is 12.5. The van der Waals surface area contributed by atoms with Crippen molar-refractivity contribution in [3.8, 4) is 5.75 Å². The van der Waals surface area contributed by atoms with Crippen molar-refractivity contribution in [2.45, 2.75) is 39.3 Å². The predicted octanol–water partition coefficient (Wildman–Crippen LogP) is 4.58. The Morgan fingerprint density at radius 3 is 2.66 bits per heavy atom. The predicted molar refractivity (Wildman–Crippen MR) is 114 cm³/mol. The Hall–Kier alpha value is -2.11. The number of amides is 1. The smallest absolute Gasteiger partial charge is 0.223 e. The maximum atomic E-state index is 14.0. The molecule has 0 aliphatic carbocycles. The number of aryl methyl sites for hydroxylation is 1. The van der Waals surface area contributed by atoms with Gasteiger partial charge in [-0.3, -0.25) is 9.69 Å². The first-order chi connectivity index (χ1) is 13.9. The number of hydrogen-bond donors (Lipinski definition) is 1. The Labute approximate surface area is 177 Å². The molecular formula is C23H28ClFN2O2. The summed E-state index contributed by atoms with van der Waals surface area (Å²) < 4.78 is 19.8. The van der Waals surface area contributed by atoms with Gasteiger partial charge in [0.25, 0.3) is 0 Å². The lowest BCUT2D eigenvalue weighted by Crippen LogP contribution is -2.44. The molecular weight excluding hydrogens is 391 g/mol. The van der Waals surface area contributed by atoms with E-state index in [0.717, 1.165) is 37.2 Å². The summed E-state index contributed by atoms with van der Waals surface area (Å²) in [5.74, 6) is 0.603. The monoisotopic (exact) mass is 418 g/mol. The zero-order chi connectivity index (χ0) is 20.8. The van der Waals surface area contributed by atoms with Crippen molar-refractivity contribution in [3.05, 3.63) is 64.4 Å². The van der Waals surface area contributed by atoms with Crippen molar-refractivity contribution >= 4 is 17.5 Å². The Balaban J connectivity index is 1.43. The first-order valence-electron chi connectivity index (χ1n) is 10.1. The van der Waals surface area contributed by atoms with Gasteiger partial charge in [0.1, 0.15) is 18.2 Å². The van der Waals surface area contributed by atoms with Gasteiger partial charge in [0, 0.05) is 23.0 Å². The van der Waals surface area contributed by atoms with E-state index in [2.05, 4.69) is 10.2 Å². The third kappa shape index (κ3) is 5.94. The van der Waals surface area contributed by atoms with E-state index in [1.165, 1.54) is 6.07 Å². The first-order valence-corrected chi connectivity index (χ1v) is 10.5. The van der Waals surface area contributed by atoms with E-state index in [9.17, 15) is 9.18 Å². The van der Waals surface area contributed by atoms with Gasteiger partial charge in [-0.05, 0) is 63.5 Å². The van der Waals surface area contributed by atoms with Crippen LogP contribution in [0.3, 0.4) is 0 Å². The number of piperidine rings is 1. The lowest BCUT2D eigenvalue weighted by molar-refractivity contribution is -0.127. The molecule has 3 rings (SSSR count). The van der Waals surface area contributed by atoms with Gasteiger partial charge in [-0.15, -0.1) is 0 Å². The van der Waals surface area contributed by atoms with Gasteiger partial charge in [0.05, 0.1) is 6.04 Å². The number of nitrogens with zero attached hydrogens (tertiary/aromatic N) is 1. The summed E-state index contributed by atoms with van der Waals surface area (Å²) in [6.45, 7) is 6.35. The Morgan fingerprint density at radius 1 is 1.24 bits per heavy atom. The lowest BCUT2D eigenvalue weighted by atomic mass is 9.95. The number of benzene rings is 2. The van der Waals surface area contributed by atoms with Gasteiger partial charge in [-0.2, -0.15) is 0 Å². The third-order valence-electron chi connectivity index (χ3n) is 5.37. The lowest BCUT2D eigenvalue weighted by Gasteiger charge is -2.32. The van der Waals surface area contributed by atoms with Crippen LogP contribution in [0.1, 0.15) is 30.9 Å². The molecule has 1 amide bonds. The molecule has 2 aromatic rings. The number of carbonyl (C=O) groups is 1. The van der Waals surface area contributed by atoms with E-state index >= 15 is 0 Å². The number of carbonyl (C=O) groups excluding carboxylic acids is 1. The van der Waals surface area contributed by atoms with Crippen LogP contribution in [0.2, 0.25) is 5.02 Å². The highest BCUT2D eigenvalue weighted by molar-refractivity contribution is 6.31. The molecule has 0 bridgehead atoms. The highest BCUT2D eigenvalue weighted by atomic mass is 35.5. The van der Waals surface area contributed by atoms with E-state index < -0.39 is 0 Å². The van der Waals surface area contributed by atoms with E-state index in [1.54, 1.807) is 12.1 Å². The molecule has 1 saturated heterocycles. The van der Waals surface area contributed by atoms with Crippen LogP contribution in [0, 0.1) is 18.7 Å². The number of halogens is 2. The van der Waals surface area contributed by atoms with Crippen molar-refractivity contribution in [3.63, 3.8) is 0 Å². The first kappa shape index (κ1) is 21.6. The van der Waals surface area contributed by atoms with Gasteiger partial charge in [-0.1, -0.05) is 35.9 Å². The molecule has 0 saturated carbocycles. The number of nitrogens with one attached hydrogen (secondary N) is 1. The second-order valence-electron chi connectivity index (χ2n) is 7.74. The summed E-state index contributed by atoms with van der Waals surface area (Å²) in [5.41, 5.74) is 1.60. The molecule has 0 spiro atoms. The van der Waals surface area contributed by atoms with Crippen molar-refractivity contribution in [1.82, 2.24) is 10.2 Å². The van der Waals surface area contributed by atoms with E-state index in [1.807, 2.05) is 38.1 Å². The Bertz CT molecular complexity index is 817. The molecule has 1 aliphatic heterocycles. The molecule has 1 heterocycles. The minimum Gasteiger partial charge on any atom is -0.491 e. The van der Waals surface area contributed by atoms with Crippen LogP contribution in [0.4, 0.5) is 4.39 Å². The maximum absolute atomic E-state index is 14.0. The van der Waals surface area contributed by atoms with Gasteiger partial charge in [0.2, 0.25) is 5.91 Å². The SMILES string of the molecule is Cc1ccccc1OCC(C)NC(=O)C1CCN(Cc2c(F)cccc2Cl)CC1. The topological polar surface area (TPSA) is 41.6 Å². The standard InChI is InChI=1S/C23H28ClFN2O2/c1-16-6-3-4-9-22(16)29-15-17(2)26-23(28)18-10-12-27(13-11-18)14-19-20(24)7-5-8-21(19)25/h3-9,17-18H,10-15H2,1-2H3,(H,26,28). The van der Waals surface area contributed by atoms with Crippen LogP contribution < -0.4 is 10.1 Å². The van der Waals surface area contributed by atoms with Gasteiger partial charge >= 0.3 is 0 Å². The molecule has 1 aliphatic rings. The van der Waals surface area contributed by atoms with Gasteiger partial charge in [-0.25, -0.2) is 4.39 Å². The van der Waals surface area contributed by atoms with Gasteiger partial charge < -0.3 is 10.1 Å². The second kappa shape index (κ2) is 10.1. The number of hydrogen-bond acceptors (Lipinski definition) is 3. The number of para-hydroxylation sites is 1. The molecule has 1 atom stereocenters. The molecule has 1 unspecified atom stereocenters. The normalized spacial score (nSPS) is 16.4. The summed E-state index contributed by atoms with van der Waals surface area (Å²) in [6.07, 6.45) is 1.51. The minimum absolute atomic E-state index is 0.0248. The third-order valence-corrected chi connectivity index (χ3v) is 5.73. The maximum Gasteiger partial charge on any atom is 0.223 e. The Kier molecular flexibility index (Phi) is 7.51. The fraction of sp³-hybridized carbons (Fsp3) is 0.435. The largest absolute Gasteiger partial charge is 0.491 e.